The second-order valence-electron chi connectivity index (χ2n) is 2.66. The SMILES string of the molecule is CC[C@H](C)[C@H](C)COO. The van der Waals surface area contributed by atoms with Crippen molar-refractivity contribution in [2.45, 2.75) is 27.2 Å². The molecule has 0 bridgehead atoms. The fourth-order valence-corrected chi connectivity index (χ4v) is 0.684. The van der Waals surface area contributed by atoms with Gasteiger partial charge in [-0.1, -0.05) is 27.2 Å². The highest BCUT2D eigenvalue weighted by atomic mass is 17.1. The van der Waals surface area contributed by atoms with E-state index in [0.717, 1.165) is 6.42 Å². The van der Waals surface area contributed by atoms with Crippen molar-refractivity contribution < 1.29 is 10.1 Å². The van der Waals surface area contributed by atoms with Gasteiger partial charge in [0.05, 0.1) is 6.61 Å². The summed E-state index contributed by atoms with van der Waals surface area (Å²) in [5.74, 6) is 1.09. The second kappa shape index (κ2) is 4.77. The molecule has 0 aliphatic rings. The molecule has 0 saturated carbocycles. The van der Waals surface area contributed by atoms with Gasteiger partial charge in [-0.25, -0.2) is 4.89 Å². The molecule has 0 aliphatic heterocycles. The van der Waals surface area contributed by atoms with Gasteiger partial charge in [0.25, 0.3) is 0 Å². The van der Waals surface area contributed by atoms with Crippen LogP contribution in [0.1, 0.15) is 27.2 Å². The first kappa shape index (κ1) is 8.92. The molecule has 0 saturated heterocycles. The van der Waals surface area contributed by atoms with Gasteiger partial charge in [0.1, 0.15) is 0 Å². The van der Waals surface area contributed by atoms with Crippen LogP contribution in [0.2, 0.25) is 0 Å². The van der Waals surface area contributed by atoms with Crippen molar-refractivity contribution in [3.63, 3.8) is 0 Å². The maximum absolute atomic E-state index is 8.08. The Labute approximate surface area is 56.8 Å². The summed E-state index contributed by atoms with van der Waals surface area (Å²) in [6.45, 7) is 6.82. The van der Waals surface area contributed by atoms with Gasteiger partial charge in [-0.2, -0.15) is 0 Å². The average molecular weight is 132 g/mol. The topological polar surface area (TPSA) is 29.5 Å². The first-order valence-corrected chi connectivity index (χ1v) is 3.48. The molecule has 9 heavy (non-hydrogen) atoms. The first-order chi connectivity index (χ1) is 4.22. The predicted molar refractivity (Wildman–Crippen MR) is 37.2 cm³/mol. The minimum Gasteiger partial charge on any atom is -0.252 e. The van der Waals surface area contributed by atoms with E-state index in [4.69, 9.17) is 5.26 Å². The van der Waals surface area contributed by atoms with E-state index in [2.05, 4.69) is 25.7 Å². The second-order valence-corrected chi connectivity index (χ2v) is 2.66. The molecule has 0 heterocycles. The van der Waals surface area contributed by atoms with Crippen molar-refractivity contribution in [3.8, 4) is 0 Å². The monoisotopic (exact) mass is 132 g/mol. The highest BCUT2D eigenvalue weighted by molar-refractivity contribution is 4.57. The Balaban J connectivity index is 3.32. The van der Waals surface area contributed by atoms with Crippen molar-refractivity contribution in [1.82, 2.24) is 0 Å². The van der Waals surface area contributed by atoms with E-state index in [1.54, 1.807) is 0 Å². The van der Waals surface area contributed by atoms with E-state index in [-0.39, 0.29) is 0 Å². The molecule has 0 aliphatic carbocycles. The summed E-state index contributed by atoms with van der Waals surface area (Å²) < 4.78 is 0. The van der Waals surface area contributed by atoms with Crippen LogP contribution in [0.3, 0.4) is 0 Å². The Morgan fingerprint density at radius 1 is 1.33 bits per heavy atom. The van der Waals surface area contributed by atoms with E-state index in [1.165, 1.54) is 0 Å². The third-order valence-electron chi connectivity index (χ3n) is 1.95. The maximum Gasteiger partial charge on any atom is 0.0847 e. The van der Waals surface area contributed by atoms with Crippen molar-refractivity contribution in [2.24, 2.45) is 11.8 Å². The molecule has 2 atom stereocenters. The molecule has 2 heteroatoms. The Morgan fingerprint density at radius 2 is 1.89 bits per heavy atom. The Kier molecular flexibility index (Phi) is 4.72. The molecule has 2 nitrogen and oxygen atoms in total. The zero-order valence-corrected chi connectivity index (χ0v) is 6.42. The zero-order chi connectivity index (χ0) is 7.28. The number of hydrogen-bond acceptors (Lipinski definition) is 2. The van der Waals surface area contributed by atoms with Crippen LogP contribution in [0.4, 0.5) is 0 Å². The molecule has 0 aromatic heterocycles. The minimum atomic E-state index is 0.453. The summed E-state index contributed by atoms with van der Waals surface area (Å²) in [7, 11) is 0. The Morgan fingerprint density at radius 3 is 2.22 bits per heavy atom. The van der Waals surface area contributed by atoms with Crippen molar-refractivity contribution in [2.75, 3.05) is 6.61 Å². The largest absolute Gasteiger partial charge is 0.252 e. The highest BCUT2D eigenvalue weighted by Crippen LogP contribution is 2.13. The standard InChI is InChI=1S/C7H16O2/c1-4-6(2)7(3)5-9-8/h6-8H,4-5H2,1-3H3/t6-,7+/m0/s1. The minimum absolute atomic E-state index is 0.453. The van der Waals surface area contributed by atoms with Crippen LogP contribution >= 0.6 is 0 Å². The molecule has 0 unspecified atom stereocenters. The van der Waals surface area contributed by atoms with Crippen LogP contribution in [0.15, 0.2) is 0 Å². The van der Waals surface area contributed by atoms with Gasteiger partial charge in [0.2, 0.25) is 0 Å². The molecule has 0 amide bonds. The van der Waals surface area contributed by atoms with Gasteiger partial charge >= 0.3 is 0 Å². The van der Waals surface area contributed by atoms with Crippen LogP contribution < -0.4 is 0 Å². The number of rotatable bonds is 4. The molecule has 0 aromatic carbocycles. The predicted octanol–water partition coefficient (Wildman–Crippen LogP) is 2.16. The molecular weight excluding hydrogens is 116 g/mol. The lowest BCUT2D eigenvalue weighted by molar-refractivity contribution is -0.252. The van der Waals surface area contributed by atoms with E-state index in [1.807, 2.05) is 0 Å². The van der Waals surface area contributed by atoms with Gasteiger partial charge in [-0.05, 0) is 11.8 Å². The summed E-state index contributed by atoms with van der Waals surface area (Å²) in [6.07, 6.45) is 1.14. The lowest BCUT2D eigenvalue weighted by atomic mass is 9.95. The van der Waals surface area contributed by atoms with Gasteiger partial charge in [0.15, 0.2) is 0 Å². The van der Waals surface area contributed by atoms with Gasteiger partial charge in [-0.3, -0.25) is 5.26 Å². The summed E-state index contributed by atoms with van der Waals surface area (Å²) in [5.41, 5.74) is 0. The molecular formula is C7H16O2. The molecule has 0 spiro atoms. The quantitative estimate of drug-likeness (QED) is 0.469. The van der Waals surface area contributed by atoms with Crippen molar-refractivity contribution >= 4 is 0 Å². The Hall–Kier alpha value is -0.0800. The van der Waals surface area contributed by atoms with Crippen molar-refractivity contribution in [3.05, 3.63) is 0 Å². The summed E-state index contributed by atoms with van der Waals surface area (Å²) in [4.78, 5) is 4.03. The summed E-state index contributed by atoms with van der Waals surface area (Å²) >= 11 is 0. The third kappa shape index (κ3) is 3.49. The maximum atomic E-state index is 8.08. The molecule has 0 radical (unpaired) electrons. The fourth-order valence-electron chi connectivity index (χ4n) is 0.684. The smallest absolute Gasteiger partial charge is 0.0847 e. The van der Waals surface area contributed by atoms with Gasteiger partial charge in [0, 0.05) is 0 Å². The first-order valence-electron chi connectivity index (χ1n) is 3.48. The summed E-state index contributed by atoms with van der Waals surface area (Å²) in [6, 6.07) is 0. The lowest BCUT2D eigenvalue weighted by Gasteiger charge is -2.15. The third-order valence-corrected chi connectivity index (χ3v) is 1.95. The molecule has 0 aromatic rings. The van der Waals surface area contributed by atoms with Crippen LogP contribution in [0, 0.1) is 11.8 Å². The number of hydrogen-bond donors (Lipinski definition) is 1. The van der Waals surface area contributed by atoms with E-state index in [0.29, 0.717) is 18.4 Å². The Bertz CT molecular complexity index is 63.9. The van der Waals surface area contributed by atoms with Gasteiger partial charge < -0.3 is 0 Å². The van der Waals surface area contributed by atoms with E-state index >= 15 is 0 Å². The fraction of sp³-hybridized carbons (Fsp3) is 1.00. The van der Waals surface area contributed by atoms with Crippen LogP contribution in [-0.4, -0.2) is 11.9 Å². The van der Waals surface area contributed by atoms with Crippen LogP contribution in [0.25, 0.3) is 0 Å². The normalized spacial score (nSPS) is 17.3. The summed E-state index contributed by atoms with van der Waals surface area (Å²) in [5, 5.41) is 8.08. The van der Waals surface area contributed by atoms with E-state index in [9.17, 15) is 0 Å². The van der Waals surface area contributed by atoms with Crippen LogP contribution in [-0.2, 0) is 4.89 Å². The molecule has 56 valence electrons. The highest BCUT2D eigenvalue weighted by Gasteiger charge is 2.09. The average Bonchev–Trinajstić information content (AvgIpc) is 1.87. The van der Waals surface area contributed by atoms with Gasteiger partial charge in [-0.15, -0.1) is 0 Å². The molecule has 0 fully saturated rings. The van der Waals surface area contributed by atoms with E-state index < -0.39 is 0 Å². The zero-order valence-electron chi connectivity index (χ0n) is 6.42. The lowest BCUT2D eigenvalue weighted by Crippen LogP contribution is -2.12. The molecule has 0 rings (SSSR count). The van der Waals surface area contributed by atoms with Crippen LogP contribution in [0.5, 0.6) is 0 Å². The molecule has 1 N–H and O–H groups in total. The van der Waals surface area contributed by atoms with Crippen molar-refractivity contribution in [1.29, 1.82) is 0 Å².